The van der Waals surface area contributed by atoms with Crippen LogP contribution in [0.15, 0.2) is 12.1 Å². The van der Waals surface area contributed by atoms with Crippen LogP contribution in [0, 0.1) is 12.8 Å². The molecule has 1 saturated carbocycles. The molecule has 1 aliphatic carbocycles. The topological polar surface area (TPSA) is 91.4 Å². The summed E-state index contributed by atoms with van der Waals surface area (Å²) in [4.78, 5) is 43.0. The lowest BCUT2D eigenvalue weighted by Crippen LogP contribution is -2.52. The second-order valence-electron chi connectivity index (χ2n) is 9.09. The van der Waals surface area contributed by atoms with Crippen molar-refractivity contribution in [3.63, 3.8) is 0 Å². The van der Waals surface area contributed by atoms with Gasteiger partial charge in [0.15, 0.2) is 11.5 Å². The number of piperazine rings is 1. The maximum atomic E-state index is 12.8. The van der Waals surface area contributed by atoms with Gasteiger partial charge in [-0.3, -0.25) is 19.4 Å². The lowest BCUT2D eigenvalue weighted by Gasteiger charge is -2.35. The van der Waals surface area contributed by atoms with E-state index in [9.17, 15) is 14.4 Å². The fraction of sp³-hybridized carbons (Fsp3) is 0.609. The molecule has 1 aromatic rings. The quantitative estimate of drug-likeness (QED) is 0.639. The Kier molecular flexibility index (Phi) is 6.03. The Hall–Kier alpha value is -2.81. The maximum absolute atomic E-state index is 12.8. The normalized spacial score (nSPS) is 24.0. The minimum Gasteiger partial charge on any atom is -0.493 e. The monoisotopic (exact) mass is 444 g/mol. The molecule has 0 aromatic heterocycles. The van der Waals surface area contributed by atoms with Crippen LogP contribution in [0.4, 0.5) is 4.79 Å². The van der Waals surface area contributed by atoms with Crippen LogP contribution in [0.3, 0.4) is 0 Å². The minimum absolute atomic E-state index is 0.183. The van der Waals surface area contributed by atoms with Crippen molar-refractivity contribution in [3.8, 4) is 11.5 Å². The van der Waals surface area contributed by atoms with Crippen molar-refractivity contribution in [2.45, 2.75) is 38.8 Å². The average molecular weight is 445 g/mol. The Bertz CT molecular complexity index is 923. The molecule has 3 aliphatic rings. The van der Waals surface area contributed by atoms with E-state index < -0.39 is 11.6 Å². The molecule has 0 radical (unpaired) electrons. The number of rotatable bonds is 7. The van der Waals surface area contributed by atoms with Crippen LogP contribution in [-0.2, 0) is 16.1 Å². The highest BCUT2D eigenvalue weighted by atomic mass is 16.5. The summed E-state index contributed by atoms with van der Waals surface area (Å²) >= 11 is 0. The molecule has 3 fully saturated rings. The van der Waals surface area contributed by atoms with Gasteiger partial charge in [-0.1, -0.05) is 0 Å². The van der Waals surface area contributed by atoms with Gasteiger partial charge in [0.05, 0.1) is 14.2 Å². The Balaban J connectivity index is 1.32. The number of carbonyl (C=O) groups is 3. The molecule has 0 bridgehead atoms. The second-order valence-corrected chi connectivity index (χ2v) is 9.09. The number of aryl methyl sites for hydroxylation is 1. The summed E-state index contributed by atoms with van der Waals surface area (Å²) < 4.78 is 10.8. The van der Waals surface area contributed by atoms with Crippen molar-refractivity contribution in [2.75, 3.05) is 46.9 Å². The number of hydrogen-bond acceptors (Lipinski definition) is 6. The largest absolute Gasteiger partial charge is 0.493 e. The van der Waals surface area contributed by atoms with Crippen LogP contribution >= 0.6 is 0 Å². The zero-order valence-corrected chi connectivity index (χ0v) is 19.3. The van der Waals surface area contributed by atoms with Crippen LogP contribution in [0.5, 0.6) is 11.5 Å². The molecule has 9 heteroatoms. The molecule has 1 aromatic carbocycles. The molecule has 1 N–H and O–H groups in total. The number of benzene rings is 1. The lowest BCUT2D eigenvalue weighted by atomic mass is 9.96. The number of carbonyl (C=O) groups excluding carboxylic acids is 3. The highest BCUT2D eigenvalue weighted by Crippen LogP contribution is 2.42. The van der Waals surface area contributed by atoms with Crippen molar-refractivity contribution in [1.29, 1.82) is 0 Å². The first-order valence-corrected chi connectivity index (χ1v) is 11.1. The number of methoxy groups -OCH3 is 2. The summed E-state index contributed by atoms with van der Waals surface area (Å²) in [7, 11) is 3.25. The molecule has 9 nitrogen and oxygen atoms in total. The first-order chi connectivity index (χ1) is 15.3. The molecule has 1 atom stereocenters. The number of urea groups is 1. The predicted molar refractivity (Wildman–Crippen MR) is 118 cm³/mol. The van der Waals surface area contributed by atoms with Gasteiger partial charge >= 0.3 is 6.03 Å². The fourth-order valence-electron chi connectivity index (χ4n) is 4.62. The van der Waals surface area contributed by atoms with Crippen molar-refractivity contribution in [1.82, 2.24) is 20.0 Å². The molecular weight excluding hydrogens is 412 g/mol. The molecule has 174 valence electrons. The third-order valence-corrected chi connectivity index (χ3v) is 6.95. The first kappa shape index (κ1) is 22.4. The first-order valence-electron chi connectivity index (χ1n) is 11.1. The molecule has 32 heavy (non-hydrogen) atoms. The Morgan fingerprint density at radius 3 is 2.31 bits per heavy atom. The van der Waals surface area contributed by atoms with Gasteiger partial charge in [-0.2, -0.15) is 0 Å². The Morgan fingerprint density at radius 1 is 1.09 bits per heavy atom. The lowest BCUT2D eigenvalue weighted by molar-refractivity contribution is -0.140. The van der Waals surface area contributed by atoms with Gasteiger partial charge in [0.25, 0.3) is 5.91 Å². The van der Waals surface area contributed by atoms with E-state index in [0.29, 0.717) is 24.6 Å². The minimum atomic E-state index is -0.854. The fourth-order valence-corrected chi connectivity index (χ4v) is 4.62. The summed E-state index contributed by atoms with van der Waals surface area (Å²) in [5.74, 6) is 1.13. The standard InChI is InChI=1S/C23H32N4O5/c1-15-11-18(31-3)19(32-4)12-16(15)13-25-7-9-26(10-8-25)20(28)14-27-21(29)23(2,17-5-6-17)24-22(27)30/h11-12,17H,5-10,13-14H2,1-4H3,(H,24,30). The summed E-state index contributed by atoms with van der Waals surface area (Å²) in [5, 5.41) is 2.80. The van der Waals surface area contributed by atoms with E-state index in [1.807, 2.05) is 19.1 Å². The smallest absolute Gasteiger partial charge is 0.325 e. The highest BCUT2D eigenvalue weighted by Gasteiger charge is 2.56. The van der Waals surface area contributed by atoms with Gasteiger partial charge in [-0.25, -0.2) is 4.79 Å². The van der Waals surface area contributed by atoms with Crippen LogP contribution < -0.4 is 14.8 Å². The second kappa shape index (κ2) is 8.61. The van der Waals surface area contributed by atoms with E-state index in [0.717, 1.165) is 48.5 Å². The van der Waals surface area contributed by atoms with Crippen molar-refractivity contribution in [2.24, 2.45) is 5.92 Å². The van der Waals surface area contributed by atoms with Crippen molar-refractivity contribution >= 4 is 17.8 Å². The van der Waals surface area contributed by atoms with Gasteiger partial charge < -0.3 is 19.7 Å². The SMILES string of the molecule is COc1cc(C)c(CN2CCN(C(=O)CN3C(=O)NC(C)(C4CC4)C3=O)CC2)cc1OC. The number of nitrogens with one attached hydrogen (secondary N) is 1. The molecule has 2 saturated heterocycles. The molecule has 4 rings (SSSR count). The molecule has 0 spiro atoms. The van der Waals surface area contributed by atoms with Crippen LogP contribution in [-0.4, -0.2) is 85.0 Å². The van der Waals surface area contributed by atoms with Crippen LogP contribution in [0.2, 0.25) is 0 Å². The van der Waals surface area contributed by atoms with E-state index in [1.54, 1.807) is 26.0 Å². The van der Waals surface area contributed by atoms with Gasteiger partial charge in [-0.15, -0.1) is 0 Å². The van der Waals surface area contributed by atoms with E-state index in [1.165, 1.54) is 0 Å². The number of hydrogen-bond donors (Lipinski definition) is 1. The van der Waals surface area contributed by atoms with E-state index >= 15 is 0 Å². The highest BCUT2D eigenvalue weighted by molar-refractivity contribution is 6.09. The Morgan fingerprint density at radius 2 is 1.72 bits per heavy atom. The zero-order chi connectivity index (χ0) is 23.0. The molecule has 2 heterocycles. The van der Waals surface area contributed by atoms with Gasteiger partial charge in [0.1, 0.15) is 12.1 Å². The summed E-state index contributed by atoms with van der Waals surface area (Å²) in [6.45, 7) is 6.94. The van der Waals surface area contributed by atoms with Crippen LogP contribution in [0.1, 0.15) is 30.9 Å². The summed E-state index contributed by atoms with van der Waals surface area (Å²) in [5.41, 5.74) is 1.42. The van der Waals surface area contributed by atoms with Gasteiger partial charge in [0.2, 0.25) is 5.91 Å². The van der Waals surface area contributed by atoms with Crippen molar-refractivity contribution < 1.29 is 23.9 Å². The van der Waals surface area contributed by atoms with Crippen LogP contribution in [0.25, 0.3) is 0 Å². The molecular formula is C23H32N4O5. The van der Waals surface area contributed by atoms with E-state index in [-0.39, 0.29) is 24.3 Å². The third-order valence-electron chi connectivity index (χ3n) is 6.95. The molecule has 2 aliphatic heterocycles. The predicted octanol–water partition coefficient (Wildman–Crippen LogP) is 1.38. The summed E-state index contributed by atoms with van der Waals surface area (Å²) in [6.07, 6.45) is 1.87. The number of imide groups is 1. The average Bonchev–Trinajstić information content (AvgIpc) is 3.61. The molecule has 1 unspecified atom stereocenters. The van der Waals surface area contributed by atoms with E-state index in [2.05, 4.69) is 10.2 Å². The number of nitrogens with zero attached hydrogens (tertiary/aromatic N) is 3. The van der Waals surface area contributed by atoms with Gasteiger partial charge in [-0.05, 0) is 55.9 Å². The molecule has 4 amide bonds. The van der Waals surface area contributed by atoms with Gasteiger partial charge in [0, 0.05) is 32.7 Å². The Labute approximate surface area is 188 Å². The number of ether oxygens (including phenoxy) is 2. The maximum Gasteiger partial charge on any atom is 0.325 e. The zero-order valence-electron chi connectivity index (χ0n) is 19.3. The third kappa shape index (κ3) is 4.13. The van der Waals surface area contributed by atoms with E-state index in [4.69, 9.17) is 9.47 Å². The summed E-state index contributed by atoms with van der Waals surface area (Å²) in [6, 6.07) is 3.52. The van der Waals surface area contributed by atoms with Crippen molar-refractivity contribution in [3.05, 3.63) is 23.3 Å². The number of amides is 4.